The minimum Gasteiger partial charge on any atom is -0.326 e. The van der Waals surface area contributed by atoms with E-state index in [9.17, 15) is 23.2 Å². The van der Waals surface area contributed by atoms with Crippen molar-refractivity contribution in [2.45, 2.75) is 19.9 Å². The summed E-state index contributed by atoms with van der Waals surface area (Å²) < 4.78 is 25.8. The van der Waals surface area contributed by atoms with Crippen molar-refractivity contribution in [1.82, 2.24) is 10.2 Å². The van der Waals surface area contributed by atoms with Gasteiger partial charge in [0, 0.05) is 11.8 Å². The van der Waals surface area contributed by atoms with E-state index in [1.165, 1.54) is 6.07 Å². The van der Waals surface area contributed by atoms with Gasteiger partial charge in [-0.05, 0) is 18.1 Å². The summed E-state index contributed by atoms with van der Waals surface area (Å²) >= 11 is 0. The Morgan fingerprint density at radius 1 is 1.32 bits per heavy atom. The monoisotopic (exact) mass is 311 g/mol. The third-order valence-corrected chi connectivity index (χ3v) is 3.23. The Bertz CT molecular complexity index is 634. The van der Waals surface area contributed by atoms with E-state index in [-0.39, 0.29) is 11.6 Å². The fourth-order valence-electron chi connectivity index (χ4n) is 2.06. The zero-order valence-electron chi connectivity index (χ0n) is 12.0. The number of benzene rings is 1. The molecular formula is C14H15F2N3O3. The molecule has 1 atom stereocenters. The van der Waals surface area contributed by atoms with Crippen LogP contribution in [0, 0.1) is 17.6 Å². The number of carbonyl (C=O) groups excluding carboxylic acids is 3. The van der Waals surface area contributed by atoms with Crippen LogP contribution in [0.15, 0.2) is 18.2 Å². The molecule has 6 nitrogen and oxygen atoms in total. The first-order valence-corrected chi connectivity index (χ1v) is 6.66. The molecule has 1 fully saturated rings. The van der Waals surface area contributed by atoms with Gasteiger partial charge >= 0.3 is 6.03 Å². The van der Waals surface area contributed by atoms with Crippen LogP contribution < -0.4 is 10.6 Å². The maximum absolute atomic E-state index is 13.0. The topological polar surface area (TPSA) is 78.5 Å². The summed E-state index contributed by atoms with van der Waals surface area (Å²) in [7, 11) is 0. The van der Waals surface area contributed by atoms with Crippen molar-refractivity contribution in [2.75, 3.05) is 11.9 Å². The molecule has 0 spiro atoms. The Balaban J connectivity index is 2.01. The Morgan fingerprint density at radius 3 is 2.55 bits per heavy atom. The van der Waals surface area contributed by atoms with Gasteiger partial charge in [0.15, 0.2) is 11.6 Å². The van der Waals surface area contributed by atoms with Crippen molar-refractivity contribution >= 4 is 23.5 Å². The molecule has 1 saturated heterocycles. The minimum atomic E-state index is -1.10. The Morgan fingerprint density at radius 2 is 2.00 bits per heavy atom. The molecule has 1 aliphatic heterocycles. The normalized spacial score (nSPS) is 17.9. The van der Waals surface area contributed by atoms with E-state index in [2.05, 4.69) is 10.6 Å². The first kappa shape index (κ1) is 15.9. The Hall–Kier alpha value is -2.51. The average Bonchev–Trinajstić information content (AvgIpc) is 2.71. The number of amides is 4. The molecule has 0 radical (unpaired) electrons. The average molecular weight is 311 g/mol. The van der Waals surface area contributed by atoms with Crippen molar-refractivity contribution in [1.29, 1.82) is 0 Å². The lowest BCUT2D eigenvalue weighted by Gasteiger charge is -2.14. The highest BCUT2D eigenvalue weighted by Crippen LogP contribution is 2.15. The summed E-state index contributed by atoms with van der Waals surface area (Å²) in [5.74, 6) is -3.41. The summed E-state index contributed by atoms with van der Waals surface area (Å²) in [6, 6.07) is 1.55. The molecule has 0 saturated carbocycles. The van der Waals surface area contributed by atoms with E-state index in [0.717, 1.165) is 17.0 Å². The SMILES string of the molecule is CC(C)C1NC(=O)N(CC(=O)Nc2ccc(F)c(F)c2)C1=O. The number of hydrogen-bond acceptors (Lipinski definition) is 3. The lowest BCUT2D eigenvalue weighted by atomic mass is 10.1. The van der Waals surface area contributed by atoms with E-state index in [4.69, 9.17) is 0 Å². The predicted molar refractivity (Wildman–Crippen MR) is 73.9 cm³/mol. The van der Waals surface area contributed by atoms with Crippen molar-refractivity contribution in [2.24, 2.45) is 5.92 Å². The number of imide groups is 1. The highest BCUT2D eigenvalue weighted by atomic mass is 19.2. The highest BCUT2D eigenvalue weighted by Gasteiger charge is 2.40. The summed E-state index contributed by atoms with van der Waals surface area (Å²) in [5.41, 5.74) is 0.0383. The number of nitrogens with one attached hydrogen (secondary N) is 2. The van der Waals surface area contributed by atoms with Gasteiger partial charge in [0.2, 0.25) is 5.91 Å². The fourth-order valence-corrected chi connectivity index (χ4v) is 2.06. The molecule has 0 aliphatic carbocycles. The second kappa shape index (κ2) is 6.08. The molecule has 1 aliphatic rings. The van der Waals surface area contributed by atoms with Crippen molar-refractivity contribution in [3.05, 3.63) is 29.8 Å². The van der Waals surface area contributed by atoms with E-state index in [0.29, 0.717) is 0 Å². The number of rotatable bonds is 4. The van der Waals surface area contributed by atoms with Crippen molar-refractivity contribution in [3.8, 4) is 0 Å². The summed E-state index contributed by atoms with van der Waals surface area (Å²) in [6.45, 7) is 3.05. The number of urea groups is 1. The molecule has 1 aromatic rings. The minimum absolute atomic E-state index is 0.0383. The number of nitrogens with zero attached hydrogens (tertiary/aromatic N) is 1. The fraction of sp³-hybridized carbons (Fsp3) is 0.357. The second-order valence-electron chi connectivity index (χ2n) is 5.27. The number of anilines is 1. The smallest absolute Gasteiger partial charge is 0.325 e. The van der Waals surface area contributed by atoms with E-state index >= 15 is 0 Å². The van der Waals surface area contributed by atoms with Gasteiger partial charge in [0.05, 0.1) is 0 Å². The van der Waals surface area contributed by atoms with Crippen LogP contribution >= 0.6 is 0 Å². The van der Waals surface area contributed by atoms with Crippen molar-refractivity contribution in [3.63, 3.8) is 0 Å². The van der Waals surface area contributed by atoms with Crippen LogP contribution in [0.2, 0.25) is 0 Å². The first-order chi connectivity index (χ1) is 10.3. The number of halogens is 2. The summed E-state index contributed by atoms with van der Waals surface area (Å²) in [4.78, 5) is 36.3. The van der Waals surface area contributed by atoms with Crippen LogP contribution in [0.5, 0.6) is 0 Å². The van der Waals surface area contributed by atoms with E-state index in [1.54, 1.807) is 13.8 Å². The molecule has 1 heterocycles. The van der Waals surface area contributed by atoms with Crippen LogP contribution in [0.4, 0.5) is 19.3 Å². The third kappa shape index (κ3) is 3.21. The van der Waals surface area contributed by atoms with Gasteiger partial charge in [-0.2, -0.15) is 0 Å². The zero-order valence-corrected chi connectivity index (χ0v) is 12.0. The van der Waals surface area contributed by atoms with Crippen LogP contribution in [-0.2, 0) is 9.59 Å². The molecule has 118 valence electrons. The zero-order chi connectivity index (χ0) is 16.4. The molecule has 2 rings (SSSR count). The lowest BCUT2D eigenvalue weighted by Crippen LogP contribution is -2.39. The quantitative estimate of drug-likeness (QED) is 0.827. The maximum Gasteiger partial charge on any atom is 0.325 e. The molecular weight excluding hydrogens is 296 g/mol. The van der Waals surface area contributed by atoms with Gasteiger partial charge in [0.1, 0.15) is 12.6 Å². The molecule has 8 heteroatoms. The predicted octanol–water partition coefficient (Wildman–Crippen LogP) is 1.48. The van der Waals surface area contributed by atoms with Gasteiger partial charge in [-0.25, -0.2) is 13.6 Å². The van der Waals surface area contributed by atoms with Gasteiger partial charge in [-0.3, -0.25) is 14.5 Å². The Labute approximate surface area is 125 Å². The molecule has 1 aromatic carbocycles. The lowest BCUT2D eigenvalue weighted by molar-refractivity contribution is -0.131. The first-order valence-electron chi connectivity index (χ1n) is 6.66. The summed E-state index contributed by atoms with van der Waals surface area (Å²) in [5, 5.41) is 4.79. The second-order valence-corrected chi connectivity index (χ2v) is 5.27. The van der Waals surface area contributed by atoms with Crippen LogP contribution in [-0.4, -0.2) is 35.3 Å². The molecule has 0 bridgehead atoms. The van der Waals surface area contributed by atoms with Crippen molar-refractivity contribution < 1.29 is 23.2 Å². The third-order valence-electron chi connectivity index (χ3n) is 3.23. The largest absolute Gasteiger partial charge is 0.326 e. The number of carbonyl (C=O) groups is 3. The van der Waals surface area contributed by atoms with Gasteiger partial charge in [-0.15, -0.1) is 0 Å². The summed E-state index contributed by atoms with van der Waals surface area (Å²) in [6.07, 6.45) is 0. The van der Waals surface area contributed by atoms with Gasteiger partial charge < -0.3 is 10.6 Å². The van der Waals surface area contributed by atoms with Gasteiger partial charge in [-0.1, -0.05) is 13.8 Å². The maximum atomic E-state index is 13.0. The standard InChI is InChI=1S/C14H15F2N3O3/c1-7(2)12-13(21)19(14(22)18-12)6-11(20)17-8-3-4-9(15)10(16)5-8/h3-5,7,12H,6H2,1-2H3,(H,17,20)(H,18,22). The van der Waals surface area contributed by atoms with Gasteiger partial charge in [0.25, 0.3) is 5.91 Å². The molecule has 1 unspecified atom stereocenters. The van der Waals surface area contributed by atoms with E-state index < -0.39 is 42.1 Å². The highest BCUT2D eigenvalue weighted by molar-refractivity contribution is 6.08. The molecule has 0 aromatic heterocycles. The van der Waals surface area contributed by atoms with E-state index in [1.807, 2.05) is 0 Å². The Kier molecular flexibility index (Phi) is 4.39. The molecule has 4 amide bonds. The van der Waals surface area contributed by atoms with Crippen LogP contribution in [0.1, 0.15) is 13.8 Å². The van der Waals surface area contributed by atoms with Crippen LogP contribution in [0.3, 0.4) is 0 Å². The number of hydrogen-bond donors (Lipinski definition) is 2. The molecule has 2 N–H and O–H groups in total. The van der Waals surface area contributed by atoms with Crippen LogP contribution in [0.25, 0.3) is 0 Å². The molecule has 22 heavy (non-hydrogen) atoms.